The minimum absolute atomic E-state index is 0.00874. The van der Waals surface area contributed by atoms with Crippen molar-refractivity contribution in [2.24, 2.45) is 11.3 Å². The highest BCUT2D eigenvalue weighted by molar-refractivity contribution is 6.10. The molecule has 2 amide bonds. The summed E-state index contributed by atoms with van der Waals surface area (Å²) in [5.74, 6) is -0.0440. The number of hydrogen-bond acceptors (Lipinski definition) is 6. The van der Waals surface area contributed by atoms with Gasteiger partial charge in [-0.1, -0.05) is 23.7 Å². The predicted octanol–water partition coefficient (Wildman–Crippen LogP) is 8.49. The first-order valence-corrected chi connectivity index (χ1v) is 17.4. The van der Waals surface area contributed by atoms with Crippen molar-refractivity contribution in [1.82, 2.24) is 15.0 Å². The third-order valence-corrected chi connectivity index (χ3v) is 11.2. The van der Waals surface area contributed by atoms with Crippen molar-refractivity contribution in [2.75, 3.05) is 31.1 Å². The van der Waals surface area contributed by atoms with Gasteiger partial charge in [-0.25, -0.2) is 4.79 Å². The molecular weight excluding hydrogens is 633 g/mol. The van der Waals surface area contributed by atoms with Crippen molar-refractivity contribution in [2.45, 2.75) is 97.0 Å². The molecule has 0 unspecified atom stereocenters. The van der Waals surface area contributed by atoms with Crippen LogP contribution in [0.1, 0.15) is 116 Å². The number of benzene rings is 2. The number of amides is 2. The third-order valence-electron chi connectivity index (χ3n) is 11.2. The van der Waals surface area contributed by atoms with Crippen molar-refractivity contribution in [1.29, 1.82) is 0 Å². The second kappa shape index (κ2) is 12.2. The van der Waals surface area contributed by atoms with Crippen LogP contribution >= 0.6 is 0 Å². The Kier molecular flexibility index (Phi) is 8.36. The Morgan fingerprint density at radius 1 is 1.06 bits per heavy atom. The largest absolute Gasteiger partial charge is 0.444 e. The van der Waals surface area contributed by atoms with E-state index in [1.807, 2.05) is 52.8 Å². The Morgan fingerprint density at radius 2 is 1.82 bits per heavy atom. The number of alkyl halides is 3. The fraction of sp³-hybridized carbons (Fsp3) is 0.553. The Labute approximate surface area is 285 Å². The molecule has 49 heavy (non-hydrogen) atoms. The summed E-state index contributed by atoms with van der Waals surface area (Å²) in [5, 5.41) is 4.31. The lowest BCUT2D eigenvalue weighted by atomic mass is 9.71. The molecule has 4 heterocycles. The first-order valence-electron chi connectivity index (χ1n) is 17.4. The van der Waals surface area contributed by atoms with E-state index in [2.05, 4.69) is 10.1 Å². The Balaban J connectivity index is 1.13. The van der Waals surface area contributed by atoms with E-state index in [1.54, 1.807) is 23.3 Å². The maximum Gasteiger partial charge on any atom is 0.416 e. The van der Waals surface area contributed by atoms with Gasteiger partial charge in [-0.2, -0.15) is 13.2 Å². The van der Waals surface area contributed by atoms with Crippen LogP contribution in [0, 0.1) is 18.3 Å². The number of aryl methyl sites for hydroxylation is 1. The molecule has 3 fully saturated rings. The minimum Gasteiger partial charge on any atom is -0.444 e. The van der Waals surface area contributed by atoms with Gasteiger partial charge in [0.1, 0.15) is 11.9 Å². The fourth-order valence-electron chi connectivity index (χ4n) is 8.30. The van der Waals surface area contributed by atoms with Crippen molar-refractivity contribution in [3.63, 3.8) is 0 Å². The molecular formula is C38H45F3N4O4. The molecule has 0 radical (unpaired) electrons. The highest BCUT2D eigenvalue weighted by atomic mass is 19.4. The highest BCUT2D eigenvalue weighted by Crippen LogP contribution is 2.47. The number of rotatable bonds is 6. The van der Waals surface area contributed by atoms with Gasteiger partial charge in [0.05, 0.1) is 17.8 Å². The van der Waals surface area contributed by atoms with Crippen molar-refractivity contribution >= 4 is 17.7 Å². The summed E-state index contributed by atoms with van der Waals surface area (Å²) in [6.07, 6.45) is 1.60. The Morgan fingerprint density at radius 3 is 2.47 bits per heavy atom. The summed E-state index contributed by atoms with van der Waals surface area (Å²) in [5.41, 5.74) is 2.51. The maximum atomic E-state index is 14.7. The molecule has 3 aromatic rings. The number of fused-ring (bicyclic) bond motifs is 1. The normalized spacial score (nSPS) is 22.9. The van der Waals surface area contributed by atoms with Crippen molar-refractivity contribution < 1.29 is 32.0 Å². The SMILES string of the molecule is Cc1conc1[C@@H](c1cccc(N2Cc3c(cc([C@@H](C)N4CC[C@]5(CCN(C(=O)OC(C)(C)C)C5)C4)cc3C(F)(F)F)C2=O)c1)C1CCC1. The van der Waals surface area contributed by atoms with E-state index < -0.39 is 23.2 Å². The molecule has 1 saturated carbocycles. The van der Waals surface area contributed by atoms with E-state index in [9.17, 15) is 22.8 Å². The molecule has 262 valence electrons. The number of likely N-dealkylation sites (tertiary alicyclic amines) is 2. The number of anilines is 1. The van der Waals surface area contributed by atoms with Crippen molar-refractivity contribution in [3.05, 3.63) is 81.7 Å². The minimum atomic E-state index is -4.62. The van der Waals surface area contributed by atoms with Gasteiger partial charge in [-0.15, -0.1) is 0 Å². The van der Waals surface area contributed by atoms with Gasteiger partial charge in [0.25, 0.3) is 5.91 Å². The fourth-order valence-corrected chi connectivity index (χ4v) is 8.30. The van der Waals surface area contributed by atoms with Gasteiger partial charge in [-0.3, -0.25) is 9.69 Å². The standard InChI is InChI=1S/C38H45F3N4O4/c1-23-20-48-42-33(23)32(25-8-6-9-25)26-10-7-11-28(16-26)45-19-30-29(34(45)46)17-27(18-31(30)38(39,40)41)24(2)43-14-12-37(21-43)13-15-44(22-37)35(47)49-36(3,4)5/h7,10-11,16-18,20,24-25,32H,6,8-9,12-15,19,21-22H2,1-5H3/t24-,32-,37+/m1/s1. The molecule has 8 nitrogen and oxygen atoms in total. The van der Waals surface area contributed by atoms with Gasteiger partial charge < -0.3 is 19.1 Å². The molecule has 1 aromatic heterocycles. The molecule has 3 atom stereocenters. The average Bonchev–Trinajstić information content (AvgIpc) is 3.80. The number of carbonyl (C=O) groups excluding carboxylic acids is 2. The first kappa shape index (κ1) is 33.6. The van der Waals surface area contributed by atoms with Gasteiger partial charge in [0.2, 0.25) is 0 Å². The zero-order valence-corrected chi connectivity index (χ0v) is 28.9. The number of carbonyl (C=O) groups is 2. The van der Waals surface area contributed by atoms with Gasteiger partial charge in [0.15, 0.2) is 0 Å². The number of hydrogen-bond donors (Lipinski definition) is 0. The number of nitrogens with zero attached hydrogens (tertiary/aromatic N) is 4. The van der Waals surface area contributed by atoms with Crippen LogP contribution in [-0.4, -0.2) is 58.7 Å². The zero-order chi connectivity index (χ0) is 34.9. The molecule has 1 aliphatic carbocycles. The molecule has 0 bridgehead atoms. The summed E-state index contributed by atoms with van der Waals surface area (Å²) < 4.78 is 54.9. The molecule has 0 N–H and O–H groups in total. The summed E-state index contributed by atoms with van der Waals surface area (Å²) in [7, 11) is 0. The highest BCUT2D eigenvalue weighted by Gasteiger charge is 2.47. The smallest absolute Gasteiger partial charge is 0.416 e. The lowest BCUT2D eigenvalue weighted by Crippen LogP contribution is -2.38. The summed E-state index contributed by atoms with van der Waals surface area (Å²) in [6.45, 7) is 11.8. The number of aromatic nitrogens is 1. The predicted molar refractivity (Wildman–Crippen MR) is 178 cm³/mol. The molecule has 2 saturated heterocycles. The molecule has 4 aliphatic rings. The second-order valence-corrected chi connectivity index (χ2v) is 15.7. The van der Waals surface area contributed by atoms with Crippen LogP contribution in [0.15, 0.2) is 47.2 Å². The van der Waals surface area contributed by atoms with E-state index in [4.69, 9.17) is 9.26 Å². The van der Waals surface area contributed by atoms with Crippen LogP contribution in [0.3, 0.4) is 0 Å². The van der Waals surface area contributed by atoms with E-state index >= 15 is 0 Å². The van der Waals surface area contributed by atoms with E-state index in [-0.39, 0.29) is 41.1 Å². The second-order valence-electron chi connectivity index (χ2n) is 15.7. The Bertz CT molecular complexity index is 1760. The van der Waals surface area contributed by atoms with Crippen LogP contribution in [-0.2, 0) is 17.5 Å². The topological polar surface area (TPSA) is 79.1 Å². The summed E-state index contributed by atoms with van der Waals surface area (Å²) in [4.78, 5) is 32.2. The monoisotopic (exact) mass is 678 g/mol. The van der Waals surface area contributed by atoms with Crippen LogP contribution in [0.4, 0.5) is 23.7 Å². The van der Waals surface area contributed by atoms with Crippen LogP contribution in [0.5, 0.6) is 0 Å². The lowest BCUT2D eigenvalue weighted by molar-refractivity contribution is -0.138. The third kappa shape index (κ3) is 6.35. The summed E-state index contributed by atoms with van der Waals surface area (Å²) >= 11 is 0. The molecule has 1 spiro atoms. The molecule has 7 rings (SSSR count). The summed E-state index contributed by atoms with van der Waals surface area (Å²) in [6, 6.07) is 10.2. The number of halogens is 3. The molecule has 3 aliphatic heterocycles. The van der Waals surface area contributed by atoms with Gasteiger partial charge in [-0.05, 0) is 114 Å². The van der Waals surface area contributed by atoms with E-state index in [0.717, 1.165) is 48.9 Å². The van der Waals surface area contributed by atoms with Crippen molar-refractivity contribution in [3.8, 4) is 0 Å². The quantitative estimate of drug-likeness (QED) is 0.260. The van der Waals surface area contributed by atoms with Gasteiger partial charge >= 0.3 is 12.3 Å². The molecule has 11 heteroatoms. The number of ether oxygens (including phenoxy) is 1. The average molecular weight is 679 g/mol. The Hall–Kier alpha value is -3.86. The molecule has 2 aromatic carbocycles. The van der Waals surface area contributed by atoms with Crippen LogP contribution in [0.25, 0.3) is 0 Å². The van der Waals surface area contributed by atoms with Crippen LogP contribution in [0.2, 0.25) is 0 Å². The zero-order valence-electron chi connectivity index (χ0n) is 28.9. The lowest BCUT2D eigenvalue weighted by Gasteiger charge is -2.33. The van der Waals surface area contributed by atoms with E-state index in [0.29, 0.717) is 43.3 Å². The maximum absolute atomic E-state index is 14.7. The van der Waals surface area contributed by atoms with E-state index in [1.165, 1.54) is 11.0 Å². The van der Waals surface area contributed by atoms with Gasteiger partial charge in [0, 0.05) is 53.8 Å². The first-order chi connectivity index (χ1) is 23.1. The van der Waals surface area contributed by atoms with Crippen LogP contribution < -0.4 is 4.90 Å².